The molecule has 0 aliphatic heterocycles. The van der Waals surface area contributed by atoms with Gasteiger partial charge >= 0.3 is 0 Å². The third-order valence-electron chi connectivity index (χ3n) is 9.33. The fourth-order valence-corrected chi connectivity index (χ4v) is 6.90. The van der Waals surface area contributed by atoms with Crippen LogP contribution in [0.5, 0.6) is 0 Å². The van der Waals surface area contributed by atoms with Gasteiger partial charge in [-0.25, -0.2) is 4.98 Å². The Labute approximate surface area is 291 Å². The van der Waals surface area contributed by atoms with Crippen LogP contribution in [0.25, 0.3) is 66.7 Å². The van der Waals surface area contributed by atoms with Gasteiger partial charge in [0.15, 0.2) is 5.58 Å². The summed E-state index contributed by atoms with van der Waals surface area (Å²) in [5.41, 5.74) is 12.7. The van der Waals surface area contributed by atoms with E-state index in [1.54, 1.807) is 0 Å². The van der Waals surface area contributed by atoms with Gasteiger partial charge < -0.3 is 9.32 Å². The van der Waals surface area contributed by atoms with Crippen LogP contribution in [0.1, 0.15) is 0 Å². The van der Waals surface area contributed by atoms with Crippen LogP contribution in [-0.4, -0.2) is 4.98 Å². The molecule has 0 bridgehead atoms. The standard InChI is InChI=1S/C47H32N2O/c1-3-13-34(14-4-1)42-20-9-10-24-45(42)49(38-29-25-35(26-30-38)41-21-11-18-33-15-7-8-19-40(33)41)39-31-27-36(28-32-39)43-22-12-23-44-46(43)50-47(48-44)37-16-5-2-6-17-37/h1-32H. The first-order valence-corrected chi connectivity index (χ1v) is 16.9. The van der Waals surface area contributed by atoms with Gasteiger partial charge in [-0.05, 0) is 81.6 Å². The van der Waals surface area contributed by atoms with Crippen molar-refractivity contribution in [3.05, 3.63) is 194 Å². The lowest BCUT2D eigenvalue weighted by Gasteiger charge is -2.28. The topological polar surface area (TPSA) is 29.3 Å². The molecule has 0 spiro atoms. The minimum Gasteiger partial charge on any atom is -0.435 e. The number of rotatable bonds is 7. The minimum absolute atomic E-state index is 0.625. The molecule has 0 unspecified atom stereocenters. The first kappa shape index (κ1) is 29.4. The van der Waals surface area contributed by atoms with E-state index in [1.165, 1.54) is 27.5 Å². The van der Waals surface area contributed by atoms with Crippen molar-refractivity contribution in [2.24, 2.45) is 0 Å². The molecule has 9 rings (SSSR count). The number of benzene rings is 8. The van der Waals surface area contributed by atoms with Crippen molar-refractivity contribution in [1.82, 2.24) is 4.98 Å². The molecular formula is C47H32N2O. The summed E-state index contributed by atoms with van der Waals surface area (Å²) in [4.78, 5) is 7.15. The zero-order valence-corrected chi connectivity index (χ0v) is 27.3. The Hall–Kier alpha value is -6.71. The maximum absolute atomic E-state index is 6.37. The Bertz CT molecular complexity index is 2570. The van der Waals surface area contributed by atoms with E-state index in [1.807, 2.05) is 42.5 Å². The quantitative estimate of drug-likeness (QED) is 0.174. The molecular weight excluding hydrogens is 609 g/mol. The molecule has 9 aromatic rings. The third kappa shape index (κ3) is 5.41. The number of aromatic nitrogens is 1. The molecule has 0 atom stereocenters. The average Bonchev–Trinajstić information content (AvgIpc) is 3.64. The predicted molar refractivity (Wildman–Crippen MR) is 208 cm³/mol. The Balaban J connectivity index is 1.14. The fraction of sp³-hybridized carbons (Fsp3) is 0. The van der Waals surface area contributed by atoms with Crippen molar-refractivity contribution in [2.45, 2.75) is 0 Å². The van der Waals surface area contributed by atoms with Crippen molar-refractivity contribution in [3.63, 3.8) is 0 Å². The Kier molecular flexibility index (Phi) is 7.49. The molecule has 0 aliphatic rings. The highest BCUT2D eigenvalue weighted by atomic mass is 16.3. The second kappa shape index (κ2) is 12.7. The zero-order valence-electron chi connectivity index (χ0n) is 27.3. The summed E-state index contributed by atoms with van der Waals surface area (Å²) in [6, 6.07) is 68.2. The first-order valence-electron chi connectivity index (χ1n) is 16.9. The molecule has 1 heterocycles. The van der Waals surface area contributed by atoms with Crippen LogP contribution in [0.15, 0.2) is 199 Å². The molecule has 1 aromatic heterocycles. The van der Waals surface area contributed by atoms with Gasteiger partial charge in [0, 0.05) is 28.1 Å². The number of hydrogen-bond donors (Lipinski definition) is 0. The van der Waals surface area contributed by atoms with E-state index < -0.39 is 0 Å². The van der Waals surface area contributed by atoms with Crippen LogP contribution in [0.4, 0.5) is 17.1 Å². The minimum atomic E-state index is 0.625. The van der Waals surface area contributed by atoms with E-state index in [-0.39, 0.29) is 0 Å². The van der Waals surface area contributed by atoms with Gasteiger partial charge in [0.25, 0.3) is 0 Å². The van der Waals surface area contributed by atoms with E-state index in [0.717, 1.165) is 50.4 Å². The number of fused-ring (bicyclic) bond motifs is 2. The normalized spacial score (nSPS) is 11.2. The Morgan fingerprint density at radius 2 is 0.900 bits per heavy atom. The second-order valence-corrected chi connectivity index (χ2v) is 12.4. The fourth-order valence-electron chi connectivity index (χ4n) is 6.90. The second-order valence-electron chi connectivity index (χ2n) is 12.4. The summed E-state index contributed by atoms with van der Waals surface area (Å²) >= 11 is 0. The number of para-hydroxylation sites is 2. The largest absolute Gasteiger partial charge is 0.435 e. The predicted octanol–water partition coefficient (Wildman–Crippen LogP) is 13.1. The summed E-state index contributed by atoms with van der Waals surface area (Å²) in [5, 5.41) is 2.49. The average molecular weight is 641 g/mol. The van der Waals surface area contributed by atoms with E-state index in [4.69, 9.17) is 9.40 Å². The highest BCUT2D eigenvalue weighted by Gasteiger charge is 2.19. The SMILES string of the molecule is c1ccc(-c2nc3cccc(-c4ccc(N(c5ccc(-c6cccc7ccccc67)cc5)c5ccccc5-c5ccccc5)cc4)c3o2)cc1. The lowest BCUT2D eigenvalue weighted by molar-refractivity contribution is 0.621. The number of nitrogens with zero attached hydrogens (tertiary/aromatic N) is 2. The Morgan fingerprint density at radius 3 is 1.64 bits per heavy atom. The van der Waals surface area contributed by atoms with E-state index in [0.29, 0.717) is 5.89 Å². The summed E-state index contributed by atoms with van der Waals surface area (Å²) in [6.45, 7) is 0. The first-order chi connectivity index (χ1) is 24.8. The molecule has 0 fully saturated rings. The summed E-state index contributed by atoms with van der Waals surface area (Å²) < 4.78 is 6.37. The van der Waals surface area contributed by atoms with Crippen LogP contribution < -0.4 is 4.90 Å². The van der Waals surface area contributed by atoms with Crippen molar-refractivity contribution in [1.29, 1.82) is 0 Å². The highest BCUT2D eigenvalue weighted by Crippen LogP contribution is 2.42. The van der Waals surface area contributed by atoms with Crippen LogP contribution in [0, 0.1) is 0 Å². The van der Waals surface area contributed by atoms with Gasteiger partial charge in [-0.1, -0.05) is 146 Å². The summed E-state index contributed by atoms with van der Waals surface area (Å²) in [5.74, 6) is 0.625. The molecule has 236 valence electrons. The zero-order chi connectivity index (χ0) is 33.3. The van der Waals surface area contributed by atoms with E-state index in [9.17, 15) is 0 Å². The molecule has 0 N–H and O–H groups in total. The van der Waals surface area contributed by atoms with Crippen LogP contribution in [0.2, 0.25) is 0 Å². The maximum Gasteiger partial charge on any atom is 0.227 e. The van der Waals surface area contributed by atoms with Crippen LogP contribution in [0.3, 0.4) is 0 Å². The maximum atomic E-state index is 6.37. The van der Waals surface area contributed by atoms with Gasteiger partial charge in [-0.15, -0.1) is 0 Å². The lowest BCUT2D eigenvalue weighted by atomic mass is 9.97. The third-order valence-corrected chi connectivity index (χ3v) is 9.33. The summed E-state index contributed by atoms with van der Waals surface area (Å²) in [6.07, 6.45) is 0. The molecule has 50 heavy (non-hydrogen) atoms. The van der Waals surface area contributed by atoms with Crippen molar-refractivity contribution in [2.75, 3.05) is 4.90 Å². The highest BCUT2D eigenvalue weighted by molar-refractivity contribution is 5.97. The lowest BCUT2D eigenvalue weighted by Crippen LogP contribution is -2.11. The van der Waals surface area contributed by atoms with Gasteiger partial charge in [0.2, 0.25) is 5.89 Å². The number of anilines is 3. The molecule has 0 amide bonds. The molecule has 0 aliphatic carbocycles. The molecule has 3 heteroatoms. The molecule has 0 saturated heterocycles. The van der Waals surface area contributed by atoms with Crippen LogP contribution in [-0.2, 0) is 0 Å². The Morgan fingerprint density at radius 1 is 0.380 bits per heavy atom. The molecule has 0 radical (unpaired) electrons. The van der Waals surface area contributed by atoms with Gasteiger partial charge in [0.1, 0.15) is 5.52 Å². The van der Waals surface area contributed by atoms with Crippen molar-refractivity contribution >= 4 is 38.9 Å². The molecule has 3 nitrogen and oxygen atoms in total. The van der Waals surface area contributed by atoms with Gasteiger partial charge in [0.05, 0.1) is 5.69 Å². The number of hydrogen-bond acceptors (Lipinski definition) is 3. The van der Waals surface area contributed by atoms with Crippen molar-refractivity contribution < 1.29 is 4.42 Å². The van der Waals surface area contributed by atoms with Gasteiger partial charge in [-0.3, -0.25) is 0 Å². The smallest absolute Gasteiger partial charge is 0.227 e. The monoisotopic (exact) mass is 640 g/mol. The van der Waals surface area contributed by atoms with Gasteiger partial charge in [-0.2, -0.15) is 0 Å². The van der Waals surface area contributed by atoms with Crippen LogP contribution >= 0.6 is 0 Å². The number of oxazole rings is 1. The van der Waals surface area contributed by atoms with E-state index in [2.05, 4.69) is 157 Å². The summed E-state index contributed by atoms with van der Waals surface area (Å²) in [7, 11) is 0. The molecule has 8 aromatic carbocycles. The van der Waals surface area contributed by atoms with E-state index >= 15 is 0 Å². The molecule has 0 saturated carbocycles. The van der Waals surface area contributed by atoms with Crippen molar-refractivity contribution in [3.8, 4) is 44.8 Å².